The van der Waals surface area contributed by atoms with Gasteiger partial charge in [0.1, 0.15) is 11.2 Å². The van der Waals surface area contributed by atoms with Gasteiger partial charge in [-0.3, -0.25) is 0 Å². The molecular formula is C52H35NO. The Labute approximate surface area is 313 Å². The van der Waals surface area contributed by atoms with Crippen LogP contribution < -0.4 is 0 Å². The van der Waals surface area contributed by atoms with Gasteiger partial charge in [-0.25, -0.2) is 0 Å². The number of nitrogens with zero attached hydrogens (tertiary/aromatic N) is 1. The summed E-state index contributed by atoms with van der Waals surface area (Å²) < 4.78 is 8.75. The quantitative estimate of drug-likeness (QED) is 0.168. The lowest BCUT2D eigenvalue weighted by Gasteiger charge is -2.18. The Hall–Kier alpha value is -6.90. The smallest absolute Gasteiger partial charge is 0.137 e. The van der Waals surface area contributed by atoms with Crippen LogP contribution in [-0.4, -0.2) is 4.57 Å². The Morgan fingerprint density at radius 2 is 0.833 bits per heavy atom. The molecule has 0 aliphatic carbocycles. The minimum atomic E-state index is 0.905. The average molecular weight is 690 g/mol. The van der Waals surface area contributed by atoms with Gasteiger partial charge in [0.25, 0.3) is 0 Å². The lowest BCUT2D eigenvalue weighted by molar-refractivity contribution is 0.669. The molecule has 254 valence electrons. The van der Waals surface area contributed by atoms with Crippen molar-refractivity contribution in [2.75, 3.05) is 0 Å². The van der Waals surface area contributed by atoms with Crippen LogP contribution in [0.15, 0.2) is 180 Å². The third kappa shape index (κ3) is 4.67. The van der Waals surface area contributed by atoms with Crippen molar-refractivity contribution in [3.05, 3.63) is 187 Å². The monoisotopic (exact) mass is 689 g/mol. The summed E-state index contributed by atoms with van der Waals surface area (Å²) in [6.07, 6.45) is 0. The molecule has 11 rings (SSSR count). The summed E-state index contributed by atoms with van der Waals surface area (Å²) in [5, 5.41) is 9.77. The third-order valence-corrected chi connectivity index (χ3v) is 11.2. The fourth-order valence-corrected chi connectivity index (χ4v) is 8.96. The SMILES string of the molecule is Cc1cc(C)cc(-c2ccc(-c3c4ccccc4c(-c4ccc(-n5c6ccccc6c6cc7c(cc65)oc5ccccc57)cc4)c4ccccc34)cc2)c1. The van der Waals surface area contributed by atoms with Crippen LogP contribution in [0.5, 0.6) is 0 Å². The largest absolute Gasteiger partial charge is 0.456 e. The molecule has 0 saturated heterocycles. The normalized spacial score (nSPS) is 11.9. The Kier molecular flexibility index (Phi) is 6.72. The van der Waals surface area contributed by atoms with Gasteiger partial charge in [0, 0.05) is 33.3 Å². The molecule has 2 nitrogen and oxygen atoms in total. The van der Waals surface area contributed by atoms with Crippen molar-refractivity contribution in [3.63, 3.8) is 0 Å². The van der Waals surface area contributed by atoms with Gasteiger partial charge in [0.15, 0.2) is 0 Å². The van der Waals surface area contributed by atoms with E-state index in [9.17, 15) is 0 Å². The first-order valence-electron chi connectivity index (χ1n) is 18.7. The first kappa shape index (κ1) is 30.7. The zero-order valence-corrected chi connectivity index (χ0v) is 30.1. The molecule has 0 spiro atoms. The van der Waals surface area contributed by atoms with E-state index in [1.807, 2.05) is 12.1 Å². The van der Waals surface area contributed by atoms with Gasteiger partial charge in [0.2, 0.25) is 0 Å². The van der Waals surface area contributed by atoms with E-state index in [-0.39, 0.29) is 0 Å². The predicted octanol–water partition coefficient (Wildman–Crippen LogP) is 14.6. The third-order valence-electron chi connectivity index (χ3n) is 11.2. The molecule has 0 saturated carbocycles. The van der Waals surface area contributed by atoms with Crippen molar-refractivity contribution in [2.45, 2.75) is 13.8 Å². The van der Waals surface area contributed by atoms with E-state index < -0.39 is 0 Å². The zero-order chi connectivity index (χ0) is 35.9. The van der Waals surface area contributed by atoms with Crippen LogP contribution in [0.3, 0.4) is 0 Å². The summed E-state index contributed by atoms with van der Waals surface area (Å²) in [6.45, 7) is 4.34. The van der Waals surface area contributed by atoms with Crippen LogP contribution in [0, 0.1) is 13.8 Å². The van der Waals surface area contributed by atoms with Crippen LogP contribution >= 0.6 is 0 Å². The van der Waals surface area contributed by atoms with E-state index in [4.69, 9.17) is 4.42 Å². The van der Waals surface area contributed by atoms with Crippen molar-refractivity contribution in [3.8, 4) is 39.1 Å². The van der Waals surface area contributed by atoms with Gasteiger partial charge in [-0.15, -0.1) is 0 Å². The van der Waals surface area contributed by atoms with Gasteiger partial charge in [-0.1, -0.05) is 151 Å². The van der Waals surface area contributed by atoms with Crippen LogP contribution in [0.4, 0.5) is 0 Å². The second-order valence-corrected chi connectivity index (χ2v) is 14.7. The molecule has 2 aromatic heterocycles. The highest BCUT2D eigenvalue weighted by Gasteiger charge is 2.19. The fourth-order valence-electron chi connectivity index (χ4n) is 8.96. The predicted molar refractivity (Wildman–Crippen MR) is 229 cm³/mol. The topological polar surface area (TPSA) is 18.1 Å². The first-order chi connectivity index (χ1) is 26.6. The number of hydrogen-bond donors (Lipinski definition) is 0. The molecule has 0 bridgehead atoms. The average Bonchev–Trinajstić information content (AvgIpc) is 3.73. The molecule has 0 amide bonds. The second-order valence-electron chi connectivity index (χ2n) is 14.7. The molecule has 54 heavy (non-hydrogen) atoms. The van der Waals surface area contributed by atoms with Gasteiger partial charge >= 0.3 is 0 Å². The van der Waals surface area contributed by atoms with E-state index in [1.54, 1.807) is 0 Å². The number of hydrogen-bond acceptors (Lipinski definition) is 1. The van der Waals surface area contributed by atoms with E-state index in [0.29, 0.717) is 0 Å². The Morgan fingerprint density at radius 1 is 0.333 bits per heavy atom. The van der Waals surface area contributed by atoms with E-state index in [0.717, 1.165) is 33.1 Å². The molecule has 2 heterocycles. The molecule has 11 aromatic rings. The number of benzene rings is 9. The van der Waals surface area contributed by atoms with E-state index in [1.165, 1.54) is 82.3 Å². The van der Waals surface area contributed by atoms with Crippen molar-refractivity contribution in [1.82, 2.24) is 4.57 Å². The second kappa shape index (κ2) is 11.8. The van der Waals surface area contributed by atoms with E-state index >= 15 is 0 Å². The number of furan rings is 1. The highest BCUT2D eigenvalue weighted by molar-refractivity contribution is 6.22. The highest BCUT2D eigenvalue weighted by atomic mass is 16.3. The molecule has 0 unspecified atom stereocenters. The van der Waals surface area contributed by atoms with Crippen molar-refractivity contribution in [2.24, 2.45) is 0 Å². The Balaban J connectivity index is 1.07. The fraction of sp³-hybridized carbons (Fsp3) is 0.0385. The van der Waals surface area contributed by atoms with Crippen LogP contribution in [0.1, 0.15) is 11.1 Å². The van der Waals surface area contributed by atoms with E-state index in [2.05, 4.69) is 182 Å². The first-order valence-corrected chi connectivity index (χ1v) is 18.7. The summed E-state index contributed by atoms with van der Waals surface area (Å²) in [6, 6.07) is 64.4. The molecule has 0 atom stereocenters. The van der Waals surface area contributed by atoms with Crippen molar-refractivity contribution >= 4 is 65.3 Å². The maximum absolute atomic E-state index is 6.37. The highest BCUT2D eigenvalue weighted by Crippen LogP contribution is 2.45. The van der Waals surface area contributed by atoms with Gasteiger partial charge < -0.3 is 8.98 Å². The number of rotatable bonds is 4. The van der Waals surface area contributed by atoms with Crippen LogP contribution in [0.25, 0.3) is 104 Å². The van der Waals surface area contributed by atoms with Crippen molar-refractivity contribution < 1.29 is 4.42 Å². The van der Waals surface area contributed by atoms with Crippen LogP contribution in [-0.2, 0) is 0 Å². The number of aryl methyl sites for hydroxylation is 2. The lowest BCUT2D eigenvalue weighted by atomic mass is 9.85. The molecule has 0 radical (unpaired) electrons. The van der Waals surface area contributed by atoms with Crippen LogP contribution in [0.2, 0.25) is 0 Å². The van der Waals surface area contributed by atoms with Gasteiger partial charge in [0.05, 0.1) is 11.0 Å². The number of fused-ring (bicyclic) bond motifs is 8. The van der Waals surface area contributed by atoms with Crippen molar-refractivity contribution in [1.29, 1.82) is 0 Å². The molecular weight excluding hydrogens is 655 g/mol. The molecule has 9 aromatic carbocycles. The Morgan fingerprint density at radius 3 is 1.44 bits per heavy atom. The molecule has 0 aliphatic rings. The summed E-state index contributed by atoms with van der Waals surface area (Å²) in [5.41, 5.74) is 15.3. The molecule has 2 heteroatoms. The summed E-state index contributed by atoms with van der Waals surface area (Å²) in [4.78, 5) is 0. The van der Waals surface area contributed by atoms with Gasteiger partial charge in [-0.05, 0) is 99.1 Å². The molecule has 0 fully saturated rings. The maximum Gasteiger partial charge on any atom is 0.137 e. The Bertz CT molecular complexity index is 3190. The zero-order valence-electron chi connectivity index (χ0n) is 30.1. The standard InChI is InChI=1S/C52H35NO/c1-32-27-33(2)29-37(28-32)34-19-21-35(22-20-34)51-41-13-3-5-15-43(41)52(44-16-6-4-14-42(44)51)36-23-25-38(26-24-36)53-47-17-9-7-11-39(47)45-30-46-40-12-8-10-18-49(40)54-50(46)31-48(45)53/h3-31H,1-2H3. The minimum absolute atomic E-state index is 0.905. The molecule has 0 aliphatic heterocycles. The molecule has 0 N–H and O–H groups in total. The number of aromatic nitrogens is 1. The summed E-state index contributed by atoms with van der Waals surface area (Å²) in [7, 11) is 0. The number of para-hydroxylation sites is 2. The lowest BCUT2D eigenvalue weighted by Crippen LogP contribution is -1.94. The minimum Gasteiger partial charge on any atom is -0.456 e. The summed E-state index contributed by atoms with van der Waals surface area (Å²) in [5.74, 6) is 0. The maximum atomic E-state index is 6.37. The van der Waals surface area contributed by atoms with Gasteiger partial charge in [-0.2, -0.15) is 0 Å². The summed E-state index contributed by atoms with van der Waals surface area (Å²) >= 11 is 0.